The van der Waals surface area contributed by atoms with E-state index in [9.17, 15) is 4.79 Å². The van der Waals surface area contributed by atoms with Gasteiger partial charge < -0.3 is 10.0 Å². The maximum absolute atomic E-state index is 12.5. The van der Waals surface area contributed by atoms with Crippen molar-refractivity contribution in [2.75, 3.05) is 12.3 Å². The molecular formula is C18H21NO2S2. The third kappa shape index (κ3) is 4.16. The van der Waals surface area contributed by atoms with Gasteiger partial charge in [-0.05, 0) is 35.4 Å². The molecule has 122 valence electrons. The maximum Gasteiger partial charge on any atom is 0.233 e. The molecule has 3 rings (SSSR count). The highest BCUT2D eigenvalue weighted by molar-refractivity contribution is 7.99. The summed E-state index contributed by atoms with van der Waals surface area (Å²) in [5, 5.41) is 11.1. The molecular weight excluding hydrogens is 326 g/mol. The molecule has 23 heavy (non-hydrogen) atoms. The standard InChI is InChI=1S/C18H21NO2S2/c20-11-14-5-7-15(8-6-14)12-22-13-18(21)19-9-1-3-16(19)17-4-2-10-23-17/h2,4-8,10,16,20H,1,3,9,11-13H2. The number of benzene rings is 1. The van der Waals surface area contributed by atoms with E-state index in [0.29, 0.717) is 5.75 Å². The largest absolute Gasteiger partial charge is 0.392 e. The van der Waals surface area contributed by atoms with E-state index in [1.54, 1.807) is 23.1 Å². The summed E-state index contributed by atoms with van der Waals surface area (Å²) in [6, 6.07) is 12.4. The first-order chi connectivity index (χ1) is 11.3. The van der Waals surface area contributed by atoms with E-state index in [2.05, 4.69) is 17.5 Å². The summed E-state index contributed by atoms with van der Waals surface area (Å²) in [6.07, 6.45) is 2.18. The SMILES string of the molecule is O=C(CSCc1ccc(CO)cc1)N1CCCC1c1cccs1. The molecule has 0 saturated carbocycles. The Morgan fingerprint density at radius 3 is 2.74 bits per heavy atom. The van der Waals surface area contributed by atoms with E-state index in [0.717, 1.165) is 30.7 Å². The van der Waals surface area contributed by atoms with Gasteiger partial charge in [0.15, 0.2) is 0 Å². The second kappa shape index (κ2) is 7.99. The molecule has 1 fully saturated rings. The topological polar surface area (TPSA) is 40.5 Å². The lowest BCUT2D eigenvalue weighted by molar-refractivity contribution is -0.129. The van der Waals surface area contributed by atoms with Gasteiger partial charge in [0.25, 0.3) is 0 Å². The number of nitrogens with zero attached hydrogens (tertiary/aromatic N) is 1. The van der Waals surface area contributed by atoms with E-state index in [-0.39, 0.29) is 18.6 Å². The Kier molecular flexibility index (Phi) is 5.75. The number of rotatable bonds is 6. The lowest BCUT2D eigenvalue weighted by Crippen LogP contribution is -2.31. The van der Waals surface area contributed by atoms with Crippen molar-refractivity contribution in [3.05, 3.63) is 57.8 Å². The fourth-order valence-electron chi connectivity index (χ4n) is 2.92. The molecule has 1 aromatic heterocycles. The second-order valence-corrected chi connectivity index (χ2v) is 7.69. The highest BCUT2D eigenvalue weighted by Gasteiger charge is 2.30. The number of hydrogen-bond donors (Lipinski definition) is 1. The molecule has 1 atom stereocenters. The van der Waals surface area contributed by atoms with Crippen molar-refractivity contribution in [1.29, 1.82) is 0 Å². The van der Waals surface area contributed by atoms with E-state index in [1.165, 1.54) is 10.4 Å². The summed E-state index contributed by atoms with van der Waals surface area (Å²) >= 11 is 3.41. The quantitative estimate of drug-likeness (QED) is 0.863. The van der Waals surface area contributed by atoms with E-state index >= 15 is 0 Å². The lowest BCUT2D eigenvalue weighted by atomic mass is 10.2. The van der Waals surface area contributed by atoms with Gasteiger partial charge in [-0.2, -0.15) is 0 Å². The lowest BCUT2D eigenvalue weighted by Gasteiger charge is -2.23. The monoisotopic (exact) mass is 347 g/mol. The van der Waals surface area contributed by atoms with Crippen LogP contribution in [-0.4, -0.2) is 28.2 Å². The molecule has 1 aromatic carbocycles. The Balaban J connectivity index is 1.50. The number of aliphatic hydroxyl groups excluding tert-OH is 1. The molecule has 1 aliphatic heterocycles. The van der Waals surface area contributed by atoms with Crippen molar-refractivity contribution in [3.63, 3.8) is 0 Å². The zero-order valence-electron chi connectivity index (χ0n) is 13.0. The van der Waals surface area contributed by atoms with E-state index < -0.39 is 0 Å². The third-order valence-corrected chi connectivity index (χ3v) is 6.11. The molecule has 0 bridgehead atoms. The number of carbonyl (C=O) groups excluding carboxylic acids is 1. The van der Waals surface area contributed by atoms with Crippen LogP contribution in [0.4, 0.5) is 0 Å². The first-order valence-electron chi connectivity index (χ1n) is 7.87. The molecule has 2 aromatic rings. The van der Waals surface area contributed by atoms with Gasteiger partial charge in [-0.25, -0.2) is 0 Å². The van der Waals surface area contributed by atoms with Gasteiger partial charge in [-0.3, -0.25) is 4.79 Å². The van der Waals surface area contributed by atoms with Crippen molar-refractivity contribution >= 4 is 29.0 Å². The van der Waals surface area contributed by atoms with Crippen molar-refractivity contribution in [1.82, 2.24) is 4.90 Å². The van der Waals surface area contributed by atoms with Crippen LogP contribution in [-0.2, 0) is 17.2 Å². The van der Waals surface area contributed by atoms with Crippen LogP contribution in [0.5, 0.6) is 0 Å². The minimum Gasteiger partial charge on any atom is -0.392 e. The highest BCUT2D eigenvalue weighted by Crippen LogP contribution is 2.34. The molecule has 1 aliphatic rings. The molecule has 2 heterocycles. The minimum absolute atomic E-state index is 0.0744. The van der Waals surface area contributed by atoms with Crippen molar-refractivity contribution in [2.24, 2.45) is 0 Å². The summed E-state index contributed by atoms with van der Waals surface area (Å²) in [6.45, 7) is 0.956. The molecule has 5 heteroatoms. The summed E-state index contributed by atoms with van der Waals surface area (Å²) in [5.41, 5.74) is 2.11. The van der Waals surface area contributed by atoms with Crippen LogP contribution in [0.2, 0.25) is 0 Å². The summed E-state index contributed by atoms with van der Waals surface area (Å²) in [7, 11) is 0. The van der Waals surface area contributed by atoms with E-state index in [1.807, 2.05) is 29.2 Å². The first-order valence-corrected chi connectivity index (χ1v) is 9.90. The average molecular weight is 348 g/mol. The molecule has 0 spiro atoms. The zero-order valence-corrected chi connectivity index (χ0v) is 14.6. The number of thiophene rings is 1. The van der Waals surface area contributed by atoms with Crippen LogP contribution in [0.3, 0.4) is 0 Å². The van der Waals surface area contributed by atoms with Crippen LogP contribution in [0.25, 0.3) is 0 Å². The minimum atomic E-state index is 0.0744. The Labute approximate surface area is 145 Å². The molecule has 1 amide bonds. The number of carbonyl (C=O) groups is 1. The second-order valence-electron chi connectivity index (χ2n) is 5.73. The van der Waals surface area contributed by atoms with Crippen LogP contribution in [0.1, 0.15) is 34.9 Å². The van der Waals surface area contributed by atoms with E-state index in [4.69, 9.17) is 5.11 Å². The van der Waals surface area contributed by atoms with Crippen molar-refractivity contribution in [3.8, 4) is 0 Å². The van der Waals surface area contributed by atoms with Gasteiger partial charge in [0, 0.05) is 17.2 Å². The van der Waals surface area contributed by atoms with Gasteiger partial charge in [0.2, 0.25) is 5.91 Å². The van der Waals surface area contributed by atoms with Crippen molar-refractivity contribution < 1.29 is 9.90 Å². The van der Waals surface area contributed by atoms with Crippen molar-refractivity contribution in [2.45, 2.75) is 31.2 Å². The number of likely N-dealkylation sites (tertiary alicyclic amines) is 1. The predicted octanol–water partition coefficient (Wildman–Crippen LogP) is 3.84. The number of thioether (sulfide) groups is 1. The normalized spacial score (nSPS) is 17.6. The zero-order chi connectivity index (χ0) is 16.1. The molecule has 0 radical (unpaired) electrons. The Morgan fingerprint density at radius 1 is 1.26 bits per heavy atom. The fourth-order valence-corrected chi connectivity index (χ4v) is 4.67. The Hall–Kier alpha value is -1.30. The van der Waals surface area contributed by atoms with Gasteiger partial charge in [0.05, 0.1) is 18.4 Å². The highest BCUT2D eigenvalue weighted by atomic mass is 32.2. The van der Waals surface area contributed by atoms with Gasteiger partial charge in [-0.1, -0.05) is 30.3 Å². The van der Waals surface area contributed by atoms with Crippen LogP contribution in [0, 0.1) is 0 Å². The molecule has 1 saturated heterocycles. The number of amides is 1. The first kappa shape index (κ1) is 16.6. The third-order valence-electron chi connectivity index (χ3n) is 4.14. The number of hydrogen-bond acceptors (Lipinski definition) is 4. The van der Waals surface area contributed by atoms with Gasteiger partial charge in [0.1, 0.15) is 0 Å². The number of aliphatic hydroxyl groups is 1. The molecule has 1 unspecified atom stereocenters. The molecule has 0 aliphatic carbocycles. The van der Waals surface area contributed by atoms with Gasteiger partial charge in [-0.15, -0.1) is 23.1 Å². The van der Waals surface area contributed by atoms with Crippen LogP contribution < -0.4 is 0 Å². The maximum atomic E-state index is 12.5. The van der Waals surface area contributed by atoms with Crippen LogP contribution >= 0.6 is 23.1 Å². The molecule has 1 N–H and O–H groups in total. The predicted molar refractivity (Wildman–Crippen MR) is 96.5 cm³/mol. The van der Waals surface area contributed by atoms with Gasteiger partial charge >= 0.3 is 0 Å². The van der Waals surface area contributed by atoms with Crippen LogP contribution in [0.15, 0.2) is 41.8 Å². The average Bonchev–Trinajstić information content (AvgIpc) is 3.26. The fraction of sp³-hybridized carbons (Fsp3) is 0.389. The molecule has 3 nitrogen and oxygen atoms in total. The summed E-state index contributed by atoms with van der Waals surface area (Å²) in [4.78, 5) is 15.9. The Bertz CT molecular complexity index is 625. The summed E-state index contributed by atoms with van der Waals surface area (Å²) in [5.74, 6) is 1.61. The smallest absolute Gasteiger partial charge is 0.233 e. The Morgan fingerprint density at radius 2 is 2.04 bits per heavy atom. The summed E-state index contributed by atoms with van der Waals surface area (Å²) < 4.78 is 0.